The van der Waals surface area contributed by atoms with E-state index in [0.29, 0.717) is 6.54 Å². The van der Waals surface area contributed by atoms with E-state index < -0.39 is 10.2 Å². The van der Waals surface area contributed by atoms with Crippen LogP contribution in [-0.4, -0.2) is 38.5 Å². The van der Waals surface area contributed by atoms with Crippen LogP contribution < -0.4 is 9.46 Å². The standard InChI is InChI=1S/C14H22N2O3S/c1-3-16(2)20(17,18)15-13-10-7-11-14(13)19-12-8-5-4-6-9-12/h4-6,8-9,13-15H,3,7,10-11H2,1-2H3/t13-,14-/m1/s1. The average Bonchev–Trinajstić information content (AvgIpc) is 2.85. The summed E-state index contributed by atoms with van der Waals surface area (Å²) >= 11 is 0. The molecule has 0 unspecified atom stereocenters. The van der Waals surface area contributed by atoms with Gasteiger partial charge < -0.3 is 4.74 Å². The Balaban J connectivity index is 2.01. The fourth-order valence-electron chi connectivity index (χ4n) is 2.33. The monoisotopic (exact) mass is 298 g/mol. The van der Waals surface area contributed by atoms with Gasteiger partial charge in [-0.2, -0.15) is 17.4 Å². The fraction of sp³-hybridized carbons (Fsp3) is 0.571. The maximum atomic E-state index is 12.1. The molecule has 1 aromatic carbocycles. The highest BCUT2D eigenvalue weighted by atomic mass is 32.2. The maximum absolute atomic E-state index is 12.1. The molecule has 6 heteroatoms. The summed E-state index contributed by atoms with van der Waals surface area (Å²) in [6, 6.07) is 9.37. The molecule has 0 radical (unpaired) electrons. The van der Waals surface area contributed by atoms with E-state index in [4.69, 9.17) is 4.74 Å². The van der Waals surface area contributed by atoms with Gasteiger partial charge in [-0.25, -0.2) is 0 Å². The van der Waals surface area contributed by atoms with Crippen LogP contribution in [0.1, 0.15) is 26.2 Å². The minimum absolute atomic E-state index is 0.0996. The van der Waals surface area contributed by atoms with Crippen molar-refractivity contribution < 1.29 is 13.2 Å². The zero-order valence-electron chi connectivity index (χ0n) is 12.0. The van der Waals surface area contributed by atoms with Crippen LogP contribution in [0.5, 0.6) is 5.75 Å². The summed E-state index contributed by atoms with van der Waals surface area (Å²) < 4.78 is 34.1. The Morgan fingerprint density at radius 1 is 1.30 bits per heavy atom. The van der Waals surface area contributed by atoms with E-state index in [9.17, 15) is 8.42 Å². The van der Waals surface area contributed by atoms with Gasteiger partial charge in [-0.15, -0.1) is 0 Å². The Kier molecular flexibility index (Phi) is 5.01. The molecule has 0 aromatic heterocycles. The highest BCUT2D eigenvalue weighted by Gasteiger charge is 2.33. The molecule has 20 heavy (non-hydrogen) atoms. The van der Waals surface area contributed by atoms with E-state index >= 15 is 0 Å². The largest absolute Gasteiger partial charge is 0.489 e. The van der Waals surface area contributed by atoms with Gasteiger partial charge in [0.2, 0.25) is 0 Å². The Bertz CT molecular complexity index is 518. The number of nitrogens with zero attached hydrogens (tertiary/aromatic N) is 1. The van der Waals surface area contributed by atoms with Crippen LogP contribution in [0.2, 0.25) is 0 Å². The SMILES string of the molecule is CCN(C)S(=O)(=O)N[C@@H]1CCC[C@H]1Oc1ccccc1. The lowest BCUT2D eigenvalue weighted by atomic mass is 10.2. The molecule has 0 saturated heterocycles. The van der Waals surface area contributed by atoms with Crippen molar-refractivity contribution in [1.29, 1.82) is 0 Å². The molecule has 1 aliphatic rings. The summed E-state index contributed by atoms with van der Waals surface area (Å²) in [6.07, 6.45) is 2.56. The molecule has 1 saturated carbocycles. The third kappa shape index (κ3) is 3.71. The molecule has 2 atom stereocenters. The van der Waals surface area contributed by atoms with Crippen LogP contribution in [0.4, 0.5) is 0 Å². The van der Waals surface area contributed by atoms with E-state index in [1.54, 1.807) is 7.05 Å². The summed E-state index contributed by atoms with van der Waals surface area (Å²) in [5, 5.41) is 0. The minimum atomic E-state index is -3.42. The van der Waals surface area contributed by atoms with E-state index in [2.05, 4.69) is 4.72 Å². The third-order valence-corrected chi connectivity index (χ3v) is 5.32. The molecule has 1 aliphatic carbocycles. The molecule has 0 aliphatic heterocycles. The second-order valence-corrected chi connectivity index (χ2v) is 6.85. The van der Waals surface area contributed by atoms with Gasteiger partial charge in [-0.1, -0.05) is 25.1 Å². The molecule has 2 rings (SSSR count). The summed E-state index contributed by atoms with van der Waals surface area (Å²) in [4.78, 5) is 0. The molecule has 112 valence electrons. The first-order valence-electron chi connectivity index (χ1n) is 6.98. The van der Waals surface area contributed by atoms with Crippen molar-refractivity contribution in [1.82, 2.24) is 9.03 Å². The quantitative estimate of drug-likeness (QED) is 0.871. The molecular formula is C14H22N2O3S. The first kappa shape index (κ1) is 15.3. The van der Waals surface area contributed by atoms with Crippen LogP contribution in [0.25, 0.3) is 0 Å². The Morgan fingerprint density at radius 3 is 2.65 bits per heavy atom. The highest BCUT2D eigenvalue weighted by Crippen LogP contribution is 2.25. The summed E-state index contributed by atoms with van der Waals surface area (Å²) in [5.74, 6) is 0.785. The molecule has 0 spiro atoms. The van der Waals surface area contributed by atoms with Gasteiger partial charge in [0, 0.05) is 13.6 Å². The molecule has 5 nitrogen and oxygen atoms in total. The predicted molar refractivity (Wildman–Crippen MR) is 78.9 cm³/mol. The molecular weight excluding hydrogens is 276 g/mol. The van der Waals surface area contributed by atoms with Crippen molar-refractivity contribution >= 4 is 10.2 Å². The lowest BCUT2D eigenvalue weighted by molar-refractivity contribution is 0.184. The normalized spacial score (nSPS) is 23.1. The van der Waals surface area contributed by atoms with E-state index in [0.717, 1.165) is 25.0 Å². The van der Waals surface area contributed by atoms with Crippen LogP contribution >= 0.6 is 0 Å². The number of hydrogen-bond donors (Lipinski definition) is 1. The average molecular weight is 298 g/mol. The second-order valence-electron chi connectivity index (χ2n) is 5.04. The maximum Gasteiger partial charge on any atom is 0.279 e. The lowest BCUT2D eigenvalue weighted by Gasteiger charge is -2.24. The molecule has 0 bridgehead atoms. The number of benzene rings is 1. The summed E-state index contributed by atoms with van der Waals surface area (Å²) in [7, 11) is -1.84. The second kappa shape index (κ2) is 6.56. The van der Waals surface area contributed by atoms with Crippen molar-refractivity contribution in [3.05, 3.63) is 30.3 Å². The first-order valence-corrected chi connectivity index (χ1v) is 8.42. The predicted octanol–water partition coefficient (Wildman–Crippen LogP) is 1.77. The number of rotatable bonds is 6. The van der Waals surface area contributed by atoms with Crippen LogP contribution in [0.15, 0.2) is 30.3 Å². The van der Waals surface area contributed by atoms with E-state index in [-0.39, 0.29) is 12.1 Å². The van der Waals surface area contributed by atoms with Gasteiger partial charge in [0.15, 0.2) is 0 Å². The van der Waals surface area contributed by atoms with Gasteiger partial charge >= 0.3 is 0 Å². The Morgan fingerprint density at radius 2 is 2.00 bits per heavy atom. The van der Waals surface area contributed by atoms with Gasteiger partial charge in [0.1, 0.15) is 11.9 Å². The Labute approximate surface area is 121 Å². The number of para-hydroxylation sites is 1. The number of hydrogen-bond acceptors (Lipinski definition) is 3. The molecule has 0 heterocycles. The number of ether oxygens (including phenoxy) is 1. The Hall–Kier alpha value is -1.11. The molecule has 1 fully saturated rings. The van der Waals surface area contributed by atoms with Gasteiger partial charge in [-0.3, -0.25) is 0 Å². The first-order chi connectivity index (χ1) is 9.53. The minimum Gasteiger partial charge on any atom is -0.489 e. The van der Waals surface area contributed by atoms with Crippen molar-refractivity contribution in [3.63, 3.8) is 0 Å². The van der Waals surface area contributed by atoms with Gasteiger partial charge in [0.05, 0.1) is 6.04 Å². The zero-order valence-corrected chi connectivity index (χ0v) is 12.8. The molecule has 0 amide bonds. The summed E-state index contributed by atoms with van der Waals surface area (Å²) in [5.41, 5.74) is 0. The highest BCUT2D eigenvalue weighted by molar-refractivity contribution is 7.87. The zero-order chi connectivity index (χ0) is 14.6. The molecule has 1 N–H and O–H groups in total. The molecule has 1 aromatic rings. The van der Waals surface area contributed by atoms with Crippen molar-refractivity contribution in [2.24, 2.45) is 0 Å². The smallest absolute Gasteiger partial charge is 0.279 e. The topological polar surface area (TPSA) is 58.6 Å². The van der Waals surface area contributed by atoms with Crippen molar-refractivity contribution in [3.8, 4) is 5.75 Å². The summed E-state index contributed by atoms with van der Waals surface area (Å²) in [6.45, 7) is 2.26. The van der Waals surface area contributed by atoms with Gasteiger partial charge in [-0.05, 0) is 31.4 Å². The van der Waals surface area contributed by atoms with E-state index in [1.165, 1.54) is 4.31 Å². The van der Waals surface area contributed by atoms with Crippen molar-refractivity contribution in [2.45, 2.75) is 38.3 Å². The van der Waals surface area contributed by atoms with Crippen LogP contribution in [0, 0.1) is 0 Å². The van der Waals surface area contributed by atoms with E-state index in [1.807, 2.05) is 37.3 Å². The van der Waals surface area contributed by atoms with Crippen molar-refractivity contribution in [2.75, 3.05) is 13.6 Å². The van der Waals surface area contributed by atoms with Crippen LogP contribution in [0.3, 0.4) is 0 Å². The van der Waals surface area contributed by atoms with Gasteiger partial charge in [0.25, 0.3) is 10.2 Å². The lowest BCUT2D eigenvalue weighted by Crippen LogP contribution is -2.47. The fourth-order valence-corrected chi connectivity index (χ4v) is 3.50. The third-order valence-electron chi connectivity index (χ3n) is 3.64. The van der Waals surface area contributed by atoms with Crippen LogP contribution in [-0.2, 0) is 10.2 Å². The number of nitrogens with one attached hydrogen (secondary N) is 1.